The Kier molecular flexibility index (Phi) is 10.0. The van der Waals surface area contributed by atoms with Crippen molar-refractivity contribution in [1.29, 1.82) is 0 Å². The van der Waals surface area contributed by atoms with Crippen molar-refractivity contribution in [2.24, 2.45) is 5.73 Å². The molecule has 0 saturated carbocycles. The van der Waals surface area contributed by atoms with Crippen molar-refractivity contribution in [2.45, 2.75) is 51.2 Å². The van der Waals surface area contributed by atoms with Crippen LogP contribution in [0.25, 0.3) is 22.0 Å². The predicted octanol–water partition coefficient (Wildman–Crippen LogP) is 2.79. The highest BCUT2D eigenvalue weighted by atomic mass is 32.2. The number of nitrogens with zero attached hydrogens (tertiary/aromatic N) is 2. The van der Waals surface area contributed by atoms with Crippen LogP contribution in [0.4, 0.5) is 0 Å². The molecule has 0 radical (unpaired) electrons. The molecule has 3 aromatic rings. The molecule has 0 unspecified atom stereocenters. The molecular weight excluding hydrogens is 526 g/mol. The minimum Gasteiger partial charge on any atom is -0.392 e. The molecule has 10 heteroatoms. The molecule has 9 nitrogen and oxygen atoms in total. The maximum Gasteiger partial charge on any atom is 0.221 e. The molecule has 218 valence electrons. The lowest BCUT2D eigenvalue weighted by atomic mass is 9.88. The van der Waals surface area contributed by atoms with Crippen LogP contribution in [0.3, 0.4) is 0 Å². The van der Waals surface area contributed by atoms with E-state index in [0.717, 1.165) is 58.1 Å². The predicted molar refractivity (Wildman–Crippen MR) is 161 cm³/mol. The molecule has 40 heavy (non-hydrogen) atoms. The van der Waals surface area contributed by atoms with Crippen molar-refractivity contribution in [1.82, 2.24) is 19.5 Å². The molecule has 1 aromatic heterocycles. The van der Waals surface area contributed by atoms with Crippen LogP contribution in [-0.4, -0.2) is 85.8 Å². The van der Waals surface area contributed by atoms with E-state index in [1.807, 2.05) is 43.4 Å². The average molecular weight is 570 g/mol. The number of aromatic amines is 1. The molecule has 1 fully saturated rings. The normalized spacial score (nSPS) is 16.1. The number of amides is 1. The van der Waals surface area contributed by atoms with E-state index >= 15 is 0 Å². The van der Waals surface area contributed by atoms with Gasteiger partial charge in [0.2, 0.25) is 15.9 Å². The lowest BCUT2D eigenvalue weighted by Crippen LogP contribution is -2.39. The van der Waals surface area contributed by atoms with E-state index in [1.165, 1.54) is 0 Å². The van der Waals surface area contributed by atoms with Crippen molar-refractivity contribution >= 4 is 26.8 Å². The van der Waals surface area contributed by atoms with Gasteiger partial charge in [-0.2, -0.15) is 0 Å². The number of benzene rings is 2. The number of sulfonamides is 1. The van der Waals surface area contributed by atoms with Gasteiger partial charge in [-0.05, 0) is 98.8 Å². The zero-order chi connectivity index (χ0) is 28.9. The van der Waals surface area contributed by atoms with Crippen molar-refractivity contribution in [2.75, 3.05) is 46.0 Å². The molecule has 1 atom stereocenters. The Morgan fingerprint density at radius 3 is 2.62 bits per heavy atom. The monoisotopic (exact) mass is 569 g/mol. The summed E-state index contributed by atoms with van der Waals surface area (Å²) in [6.45, 7) is 4.68. The third-order valence-electron chi connectivity index (χ3n) is 7.59. The van der Waals surface area contributed by atoms with Crippen molar-refractivity contribution < 1.29 is 18.3 Å². The first-order valence-corrected chi connectivity index (χ1v) is 15.7. The molecule has 2 heterocycles. The van der Waals surface area contributed by atoms with E-state index in [9.17, 15) is 18.3 Å². The Balaban J connectivity index is 1.58. The first kappa shape index (κ1) is 30.2. The number of carbonyl (C=O) groups is 1. The fourth-order valence-corrected chi connectivity index (χ4v) is 7.10. The van der Waals surface area contributed by atoms with Crippen LogP contribution in [0.2, 0.25) is 0 Å². The number of H-pyrrole nitrogens is 1. The van der Waals surface area contributed by atoms with Gasteiger partial charge in [-0.15, -0.1) is 0 Å². The summed E-state index contributed by atoms with van der Waals surface area (Å²) < 4.78 is 27.4. The number of carbonyl (C=O) groups excluding carboxylic acids is 1. The highest BCUT2D eigenvalue weighted by molar-refractivity contribution is 7.89. The molecule has 5 N–H and O–H groups in total. The number of hydrogen-bond donors (Lipinski definition) is 4. The second kappa shape index (κ2) is 13.3. The van der Waals surface area contributed by atoms with E-state index < -0.39 is 22.0 Å². The number of primary amides is 1. The minimum atomic E-state index is -3.26. The summed E-state index contributed by atoms with van der Waals surface area (Å²) in [5, 5.41) is 13.9. The minimum absolute atomic E-state index is 0.129. The van der Waals surface area contributed by atoms with Gasteiger partial charge < -0.3 is 26.0 Å². The number of piperidine rings is 1. The van der Waals surface area contributed by atoms with Crippen LogP contribution in [0, 0.1) is 0 Å². The molecule has 0 spiro atoms. The Morgan fingerprint density at radius 1 is 1.20 bits per heavy atom. The summed E-state index contributed by atoms with van der Waals surface area (Å²) in [5.41, 5.74) is 11.7. The lowest BCUT2D eigenvalue weighted by molar-refractivity contribution is -0.117. The maximum absolute atomic E-state index is 12.9. The van der Waals surface area contributed by atoms with Gasteiger partial charge in [0.05, 0.1) is 18.3 Å². The number of rotatable bonds is 13. The summed E-state index contributed by atoms with van der Waals surface area (Å²) in [6, 6.07) is 12.4. The number of aliphatic hydroxyl groups excluding tert-OH is 1. The standard InChI is InChI=1S/C30H43N5O4S/c1-21(36)18-32-19-22-6-4-7-24(14-22)25-15-26(17-29(31)37)30-27(16-25)28(20-33-30)23-8-11-35(12-9-23)40(38,39)13-5-10-34(2)3/h4,6-7,14-16,20-21,23,32-33,36H,5,8-13,17-19H2,1-3H3,(H2,31,37)/t21-/m0/s1. The molecule has 4 rings (SSSR count). The molecule has 1 aliphatic heterocycles. The van der Waals surface area contributed by atoms with Crippen molar-refractivity contribution in [3.8, 4) is 11.1 Å². The SMILES string of the molecule is C[C@H](O)CNCc1cccc(-c2cc(CC(N)=O)c3[nH]cc(C4CCN(S(=O)(=O)CCCN(C)C)CC4)c3c2)c1. The van der Waals surface area contributed by atoms with Gasteiger partial charge in [0.15, 0.2) is 0 Å². The number of hydrogen-bond acceptors (Lipinski definition) is 6. The highest BCUT2D eigenvalue weighted by Gasteiger charge is 2.29. The molecule has 0 aliphatic carbocycles. The summed E-state index contributed by atoms with van der Waals surface area (Å²) in [7, 11) is 0.639. The van der Waals surface area contributed by atoms with Gasteiger partial charge in [0.1, 0.15) is 0 Å². The van der Waals surface area contributed by atoms with E-state index in [2.05, 4.69) is 28.5 Å². The van der Waals surface area contributed by atoms with E-state index in [4.69, 9.17) is 5.73 Å². The third kappa shape index (κ3) is 7.70. The Bertz CT molecular complexity index is 1410. The molecule has 1 aliphatic rings. The highest BCUT2D eigenvalue weighted by Crippen LogP contribution is 2.37. The Labute approximate surface area is 237 Å². The number of fused-ring (bicyclic) bond motifs is 1. The van der Waals surface area contributed by atoms with Crippen LogP contribution >= 0.6 is 0 Å². The molecular formula is C30H43N5O4S. The lowest BCUT2D eigenvalue weighted by Gasteiger charge is -2.31. The maximum atomic E-state index is 12.9. The smallest absolute Gasteiger partial charge is 0.221 e. The van der Waals surface area contributed by atoms with E-state index in [0.29, 0.717) is 32.6 Å². The van der Waals surface area contributed by atoms with Crippen LogP contribution in [0.1, 0.15) is 48.8 Å². The van der Waals surface area contributed by atoms with E-state index in [-0.39, 0.29) is 18.1 Å². The van der Waals surface area contributed by atoms with Gasteiger partial charge in [-0.3, -0.25) is 4.79 Å². The van der Waals surface area contributed by atoms with Crippen LogP contribution in [-0.2, 0) is 27.8 Å². The number of aromatic nitrogens is 1. The Morgan fingerprint density at radius 2 is 1.95 bits per heavy atom. The molecule has 1 saturated heterocycles. The first-order valence-electron chi connectivity index (χ1n) is 14.1. The second-order valence-corrected chi connectivity index (χ2v) is 13.4. The van der Waals surface area contributed by atoms with Gasteiger partial charge in [-0.25, -0.2) is 12.7 Å². The summed E-state index contributed by atoms with van der Waals surface area (Å²) >= 11 is 0. The molecule has 2 aromatic carbocycles. The number of nitrogens with one attached hydrogen (secondary N) is 2. The average Bonchev–Trinajstić information content (AvgIpc) is 3.32. The number of aliphatic hydroxyl groups is 1. The van der Waals surface area contributed by atoms with Crippen LogP contribution < -0.4 is 11.1 Å². The van der Waals surface area contributed by atoms with Gasteiger partial charge >= 0.3 is 0 Å². The van der Waals surface area contributed by atoms with Crippen molar-refractivity contribution in [3.05, 3.63) is 59.3 Å². The van der Waals surface area contributed by atoms with Crippen LogP contribution in [0.15, 0.2) is 42.6 Å². The van der Waals surface area contributed by atoms with Gasteiger partial charge in [-0.1, -0.05) is 18.2 Å². The van der Waals surface area contributed by atoms with E-state index in [1.54, 1.807) is 11.2 Å². The third-order valence-corrected chi connectivity index (χ3v) is 9.55. The molecule has 0 bridgehead atoms. The first-order chi connectivity index (χ1) is 19.0. The fourth-order valence-electron chi connectivity index (χ4n) is 5.58. The zero-order valence-corrected chi connectivity index (χ0v) is 24.6. The van der Waals surface area contributed by atoms with Crippen molar-refractivity contribution in [3.63, 3.8) is 0 Å². The second-order valence-electron chi connectivity index (χ2n) is 11.3. The molecule has 1 amide bonds. The Hall–Kier alpha value is -2.76. The topological polar surface area (TPSA) is 132 Å². The summed E-state index contributed by atoms with van der Waals surface area (Å²) in [5.74, 6) is 0.00392. The largest absolute Gasteiger partial charge is 0.392 e. The fraction of sp³-hybridized carbons (Fsp3) is 0.500. The zero-order valence-electron chi connectivity index (χ0n) is 23.8. The van der Waals surface area contributed by atoms with Gasteiger partial charge in [0, 0.05) is 43.3 Å². The summed E-state index contributed by atoms with van der Waals surface area (Å²) in [4.78, 5) is 17.3. The quantitative estimate of drug-likeness (QED) is 0.250. The van der Waals surface area contributed by atoms with Gasteiger partial charge in [0.25, 0.3) is 0 Å². The summed E-state index contributed by atoms with van der Waals surface area (Å²) in [6.07, 6.45) is 3.86. The van der Waals surface area contributed by atoms with Crippen LogP contribution in [0.5, 0.6) is 0 Å². The number of nitrogens with two attached hydrogens (primary N) is 1.